The second kappa shape index (κ2) is 7.88. The van der Waals surface area contributed by atoms with Gasteiger partial charge in [-0.15, -0.1) is 0 Å². The first-order valence-corrected chi connectivity index (χ1v) is 8.88. The minimum absolute atomic E-state index is 0.172. The van der Waals surface area contributed by atoms with Crippen LogP contribution in [0.25, 0.3) is 11.4 Å². The van der Waals surface area contributed by atoms with Crippen LogP contribution in [-0.4, -0.2) is 21.2 Å². The number of nitrogens with one attached hydrogen (secondary N) is 2. The van der Waals surface area contributed by atoms with Crippen molar-refractivity contribution < 1.29 is 9.59 Å². The summed E-state index contributed by atoms with van der Waals surface area (Å²) in [5, 5.41) is 5.67. The maximum atomic E-state index is 12.8. The van der Waals surface area contributed by atoms with Gasteiger partial charge in [0.25, 0.3) is 5.91 Å². The molecular weight excluding hydrogens is 348 g/mol. The number of nitrogens with zero attached hydrogens (tertiary/aromatic N) is 2. The van der Waals surface area contributed by atoms with Crippen molar-refractivity contribution in [2.24, 2.45) is 0 Å². The monoisotopic (exact) mass is 366 g/mol. The number of hydrogen-bond acceptors (Lipinski definition) is 5. The Hall–Kier alpha value is -3.06. The van der Waals surface area contributed by atoms with Gasteiger partial charge < -0.3 is 10.6 Å². The third-order valence-corrected chi connectivity index (χ3v) is 4.60. The van der Waals surface area contributed by atoms with E-state index in [4.69, 9.17) is 0 Å². The minimum Gasteiger partial charge on any atom is -0.345 e. The summed E-state index contributed by atoms with van der Waals surface area (Å²) >= 11 is 1.04. The van der Waals surface area contributed by atoms with Crippen molar-refractivity contribution >= 4 is 29.0 Å². The molecule has 6 nitrogen and oxygen atoms in total. The van der Waals surface area contributed by atoms with Gasteiger partial charge in [-0.05, 0) is 36.2 Å². The van der Waals surface area contributed by atoms with Crippen molar-refractivity contribution in [2.75, 3.05) is 5.32 Å². The van der Waals surface area contributed by atoms with E-state index in [2.05, 4.69) is 20.0 Å². The van der Waals surface area contributed by atoms with E-state index in [-0.39, 0.29) is 17.9 Å². The number of pyridine rings is 1. The third-order valence-electron chi connectivity index (χ3n) is 3.75. The van der Waals surface area contributed by atoms with Crippen LogP contribution < -0.4 is 10.6 Å². The molecule has 132 valence electrons. The van der Waals surface area contributed by atoms with E-state index in [0.29, 0.717) is 22.0 Å². The predicted octanol–water partition coefficient (Wildman–Crippen LogP) is 3.65. The normalized spacial score (nSPS) is 11.6. The van der Waals surface area contributed by atoms with Gasteiger partial charge in [0.2, 0.25) is 5.91 Å². The number of rotatable bonds is 5. The standard InChI is InChI=1S/C19H18N4O2S/c1-12(14-8-4-3-5-9-14)21-19(25)18-17(22-13(2)24)16(23-26-18)15-10-6-7-11-20-15/h3-12H,1-2H3,(H,21,25)(H,22,24)/t12-/m0/s1. The zero-order valence-electron chi connectivity index (χ0n) is 14.4. The highest BCUT2D eigenvalue weighted by molar-refractivity contribution is 7.09. The fourth-order valence-electron chi connectivity index (χ4n) is 2.50. The fourth-order valence-corrected chi connectivity index (χ4v) is 3.25. The predicted molar refractivity (Wildman–Crippen MR) is 102 cm³/mol. The lowest BCUT2D eigenvalue weighted by Gasteiger charge is -2.14. The molecule has 0 aliphatic rings. The average molecular weight is 366 g/mol. The lowest BCUT2D eigenvalue weighted by molar-refractivity contribution is -0.114. The van der Waals surface area contributed by atoms with E-state index in [0.717, 1.165) is 17.1 Å². The lowest BCUT2D eigenvalue weighted by Crippen LogP contribution is -2.26. The van der Waals surface area contributed by atoms with Crippen LogP contribution in [0.3, 0.4) is 0 Å². The number of hydrogen-bond donors (Lipinski definition) is 2. The molecule has 1 aromatic carbocycles. The molecule has 0 aliphatic carbocycles. The maximum Gasteiger partial charge on any atom is 0.265 e. The first kappa shape index (κ1) is 17.8. The highest BCUT2D eigenvalue weighted by Crippen LogP contribution is 2.32. The minimum atomic E-state index is -0.287. The molecule has 2 N–H and O–H groups in total. The Morgan fingerprint density at radius 1 is 1.08 bits per heavy atom. The van der Waals surface area contributed by atoms with Crippen molar-refractivity contribution in [1.82, 2.24) is 14.7 Å². The van der Waals surface area contributed by atoms with E-state index in [1.54, 1.807) is 18.3 Å². The SMILES string of the molecule is CC(=O)Nc1c(-c2ccccn2)nsc1C(=O)N[C@@H](C)c1ccccc1. The summed E-state index contributed by atoms with van der Waals surface area (Å²) in [6.07, 6.45) is 1.64. The number of amides is 2. The first-order chi connectivity index (χ1) is 12.6. The van der Waals surface area contributed by atoms with Crippen LogP contribution >= 0.6 is 11.5 Å². The zero-order chi connectivity index (χ0) is 18.5. The van der Waals surface area contributed by atoms with Crippen molar-refractivity contribution in [1.29, 1.82) is 0 Å². The Morgan fingerprint density at radius 2 is 1.81 bits per heavy atom. The Kier molecular flexibility index (Phi) is 5.38. The summed E-state index contributed by atoms with van der Waals surface area (Å²) in [5.74, 6) is -0.558. The van der Waals surface area contributed by atoms with Gasteiger partial charge in [-0.3, -0.25) is 14.6 Å². The quantitative estimate of drug-likeness (QED) is 0.722. The fraction of sp³-hybridized carbons (Fsp3) is 0.158. The number of aromatic nitrogens is 2. The molecule has 0 bridgehead atoms. The molecule has 2 heterocycles. The maximum absolute atomic E-state index is 12.8. The van der Waals surface area contributed by atoms with Crippen LogP contribution in [-0.2, 0) is 4.79 Å². The van der Waals surface area contributed by atoms with E-state index in [1.165, 1.54) is 6.92 Å². The van der Waals surface area contributed by atoms with Crippen molar-refractivity contribution in [3.05, 3.63) is 65.2 Å². The van der Waals surface area contributed by atoms with Crippen LogP contribution in [0, 0.1) is 0 Å². The molecule has 0 saturated carbocycles. The summed E-state index contributed by atoms with van der Waals surface area (Å²) in [7, 11) is 0. The molecule has 26 heavy (non-hydrogen) atoms. The Balaban J connectivity index is 1.90. The number of carbonyl (C=O) groups is 2. The van der Waals surface area contributed by atoms with E-state index in [9.17, 15) is 9.59 Å². The summed E-state index contributed by atoms with van der Waals surface area (Å²) in [6.45, 7) is 3.31. The number of benzene rings is 1. The van der Waals surface area contributed by atoms with Crippen LogP contribution in [0.4, 0.5) is 5.69 Å². The molecule has 0 saturated heterocycles. The van der Waals surface area contributed by atoms with Crippen molar-refractivity contribution in [3.8, 4) is 11.4 Å². The zero-order valence-corrected chi connectivity index (χ0v) is 15.2. The van der Waals surface area contributed by atoms with E-state index >= 15 is 0 Å². The van der Waals surface area contributed by atoms with Crippen molar-refractivity contribution in [2.45, 2.75) is 19.9 Å². The van der Waals surface area contributed by atoms with Crippen LogP contribution in [0.5, 0.6) is 0 Å². The molecule has 0 unspecified atom stereocenters. The highest BCUT2D eigenvalue weighted by Gasteiger charge is 2.23. The Morgan fingerprint density at radius 3 is 2.46 bits per heavy atom. The number of carbonyl (C=O) groups excluding carboxylic acids is 2. The first-order valence-electron chi connectivity index (χ1n) is 8.10. The van der Waals surface area contributed by atoms with Gasteiger partial charge in [0, 0.05) is 13.1 Å². The van der Waals surface area contributed by atoms with Gasteiger partial charge in [-0.25, -0.2) is 0 Å². The van der Waals surface area contributed by atoms with Crippen LogP contribution in [0.2, 0.25) is 0 Å². The van der Waals surface area contributed by atoms with Crippen LogP contribution in [0.15, 0.2) is 54.7 Å². The van der Waals surface area contributed by atoms with Crippen LogP contribution in [0.1, 0.15) is 35.1 Å². The Labute approximate surface area is 155 Å². The van der Waals surface area contributed by atoms with Gasteiger partial charge >= 0.3 is 0 Å². The summed E-state index contributed by atoms with van der Waals surface area (Å²) in [4.78, 5) is 29.0. The molecule has 2 amide bonds. The van der Waals surface area contributed by atoms with Gasteiger partial charge in [0.15, 0.2) is 0 Å². The summed E-state index contributed by atoms with van der Waals surface area (Å²) in [5.41, 5.74) is 2.47. The summed E-state index contributed by atoms with van der Waals surface area (Å²) < 4.78 is 4.34. The topological polar surface area (TPSA) is 84.0 Å². The van der Waals surface area contributed by atoms with E-state index in [1.807, 2.05) is 43.3 Å². The second-order valence-electron chi connectivity index (χ2n) is 5.74. The molecule has 7 heteroatoms. The van der Waals surface area contributed by atoms with Gasteiger partial charge in [-0.1, -0.05) is 36.4 Å². The van der Waals surface area contributed by atoms with Gasteiger partial charge in [0.1, 0.15) is 10.6 Å². The van der Waals surface area contributed by atoms with Crippen molar-refractivity contribution in [3.63, 3.8) is 0 Å². The Bertz CT molecular complexity index is 910. The summed E-state index contributed by atoms with van der Waals surface area (Å²) in [6, 6.07) is 14.9. The molecule has 0 radical (unpaired) electrons. The smallest absolute Gasteiger partial charge is 0.265 e. The molecule has 0 aliphatic heterocycles. The molecule has 2 aromatic heterocycles. The largest absolute Gasteiger partial charge is 0.345 e. The molecular formula is C19H18N4O2S. The molecule has 0 fully saturated rings. The molecule has 0 spiro atoms. The molecule has 3 aromatic rings. The highest BCUT2D eigenvalue weighted by atomic mass is 32.1. The molecule has 3 rings (SSSR count). The number of anilines is 1. The van der Waals surface area contributed by atoms with Gasteiger partial charge in [-0.2, -0.15) is 4.37 Å². The lowest BCUT2D eigenvalue weighted by atomic mass is 10.1. The average Bonchev–Trinajstić information content (AvgIpc) is 3.06. The van der Waals surface area contributed by atoms with Gasteiger partial charge in [0.05, 0.1) is 17.4 Å². The third kappa shape index (κ3) is 3.94. The van der Waals surface area contributed by atoms with E-state index < -0.39 is 0 Å². The molecule has 1 atom stereocenters. The second-order valence-corrected chi connectivity index (χ2v) is 6.51.